The third-order valence-electron chi connectivity index (χ3n) is 6.84. The van der Waals surface area contributed by atoms with Gasteiger partial charge in [-0.1, -0.05) is 115 Å². The second kappa shape index (κ2) is 22.1. The van der Waals surface area contributed by atoms with E-state index in [2.05, 4.69) is 26.0 Å². The lowest BCUT2D eigenvalue weighted by atomic mass is 10.0. The maximum Gasteiger partial charge on any atom is 0.385 e. The minimum absolute atomic E-state index is 0.333. The molecule has 0 saturated carbocycles. The van der Waals surface area contributed by atoms with Crippen molar-refractivity contribution in [2.24, 2.45) is 0 Å². The Morgan fingerprint density at radius 1 is 0.735 bits per heavy atom. The highest BCUT2D eigenvalue weighted by atomic mass is 31.2. The number of rotatable bonds is 25. The van der Waals surface area contributed by atoms with Gasteiger partial charge in [0.25, 0.3) is 0 Å². The number of quaternary nitrogens is 1. The summed E-state index contributed by atoms with van der Waals surface area (Å²) in [5, 5.41) is 0. The van der Waals surface area contributed by atoms with Crippen molar-refractivity contribution in [2.75, 3.05) is 27.7 Å². The van der Waals surface area contributed by atoms with Gasteiger partial charge in [-0.25, -0.2) is 0 Å². The van der Waals surface area contributed by atoms with E-state index in [1.165, 1.54) is 103 Å². The first-order chi connectivity index (χ1) is 16.3. The predicted molar refractivity (Wildman–Crippen MR) is 150 cm³/mol. The lowest BCUT2D eigenvalue weighted by Crippen LogP contribution is -2.45. The maximum atomic E-state index is 12.7. The van der Waals surface area contributed by atoms with Crippen LogP contribution in [0.5, 0.6) is 0 Å². The van der Waals surface area contributed by atoms with Crippen molar-refractivity contribution in [3.8, 4) is 0 Å². The van der Waals surface area contributed by atoms with E-state index in [0.717, 1.165) is 25.7 Å². The van der Waals surface area contributed by atoms with Gasteiger partial charge in [0.15, 0.2) is 5.78 Å². The molecule has 0 bridgehead atoms. The van der Waals surface area contributed by atoms with Crippen molar-refractivity contribution >= 4 is 7.60 Å². The molecule has 0 aromatic rings. The Labute approximate surface area is 214 Å². The number of allylic oxidation sites excluding steroid dienone is 2. The Kier molecular flexibility index (Phi) is 22.0. The smallest absolute Gasteiger partial charge is 0.320 e. The van der Waals surface area contributed by atoms with Crippen LogP contribution in [0.25, 0.3) is 0 Å². The summed E-state index contributed by atoms with van der Waals surface area (Å²) in [4.78, 5) is 10.4. The number of hydrogen-bond acceptors (Lipinski definition) is 2. The molecule has 0 aliphatic carbocycles. The standard InChI is InChI=1S/C29H60NO3P/c1-6-8-9-10-11-12-13-14-15-16-17-18-19-20-21-22-23-24-25-26-28-33-34(31,32)29(27-7-2)30(3,4)5/h6,8,29H,7,9-28H2,1-5H3/p+1/b8-6-. The number of unbranched alkanes of at least 4 members (excludes halogenated alkanes) is 17. The van der Waals surface area contributed by atoms with Crippen molar-refractivity contribution in [3.63, 3.8) is 0 Å². The monoisotopic (exact) mass is 502 g/mol. The zero-order valence-corrected chi connectivity index (χ0v) is 24.6. The van der Waals surface area contributed by atoms with Gasteiger partial charge in [0.05, 0.1) is 27.7 Å². The van der Waals surface area contributed by atoms with Gasteiger partial charge >= 0.3 is 7.60 Å². The van der Waals surface area contributed by atoms with Crippen molar-refractivity contribution in [2.45, 2.75) is 148 Å². The molecule has 1 N–H and O–H groups in total. The van der Waals surface area contributed by atoms with Gasteiger partial charge < -0.3 is 13.9 Å². The van der Waals surface area contributed by atoms with Crippen LogP contribution in [0.15, 0.2) is 12.2 Å². The number of nitrogens with zero attached hydrogens (tertiary/aromatic N) is 1. The van der Waals surface area contributed by atoms with Crippen LogP contribution in [-0.4, -0.2) is 42.9 Å². The van der Waals surface area contributed by atoms with E-state index in [4.69, 9.17) is 4.52 Å². The van der Waals surface area contributed by atoms with Crippen LogP contribution in [0.3, 0.4) is 0 Å². The van der Waals surface area contributed by atoms with Crippen molar-refractivity contribution in [1.82, 2.24) is 0 Å². The van der Waals surface area contributed by atoms with Crippen LogP contribution in [0.1, 0.15) is 142 Å². The highest BCUT2D eigenvalue weighted by Crippen LogP contribution is 2.51. The highest BCUT2D eigenvalue weighted by Gasteiger charge is 2.41. The molecular formula is C29H61NO3P+. The topological polar surface area (TPSA) is 46.5 Å². The normalized spacial score (nSPS) is 15.1. The summed E-state index contributed by atoms with van der Waals surface area (Å²) in [6, 6.07) is 0. The molecule has 0 aliphatic rings. The molecule has 2 atom stereocenters. The Bertz CT molecular complexity index is 516. The van der Waals surface area contributed by atoms with E-state index in [-0.39, 0.29) is 5.78 Å². The Morgan fingerprint density at radius 3 is 1.47 bits per heavy atom. The first-order valence-corrected chi connectivity index (χ1v) is 16.3. The van der Waals surface area contributed by atoms with E-state index in [1.807, 2.05) is 21.1 Å². The average Bonchev–Trinajstić information content (AvgIpc) is 2.77. The summed E-state index contributed by atoms with van der Waals surface area (Å²) in [6.07, 6.45) is 30.0. The first-order valence-electron chi connectivity index (χ1n) is 14.6. The molecule has 0 spiro atoms. The van der Waals surface area contributed by atoms with Gasteiger partial charge in [0.1, 0.15) is 0 Å². The summed E-state index contributed by atoms with van der Waals surface area (Å²) >= 11 is 0. The van der Waals surface area contributed by atoms with Gasteiger partial charge in [0, 0.05) is 6.42 Å². The molecule has 0 saturated heterocycles. The fourth-order valence-corrected chi connectivity index (χ4v) is 6.73. The molecule has 5 heteroatoms. The Balaban J connectivity index is 3.43. The predicted octanol–water partition coefficient (Wildman–Crippen LogP) is 9.62. The largest absolute Gasteiger partial charge is 0.385 e. The highest BCUT2D eigenvalue weighted by molar-refractivity contribution is 7.53. The molecule has 0 radical (unpaired) electrons. The number of hydrogen-bond donors (Lipinski definition) is 1. The van der Waals surface area contributed by atoms with E-state index < -0.39 is 7.60 Å². The molecule has 0 aliphatic heterocycles. The van der Waals surface area contributed by atoms with Gasteiger partial charge in [0.2, 0.25) is 0 Å². The first kappa shape index (κ1) is 33.8. The Morgan fingerprint density at radius 2 is 1.12 bits per heavy atom. The molecule has 204 valence electrons. The van der Waals surface area contributed by atoms with Crippen LogP contribution < -0.4 is 0 Å². The van der Waals surface area contributed by atoms with Crippen molar-refractivity contribution in [3.05, 3.63) is 12.2 Å². The quantitative estimate of drug-likeness (QED) is 0.0585. The molecule has 2 unspecified atom stereocenters. The van der Waals surface area contributed by atoms with Crippen LogP contribution in [0.2, 0.25) is 0 Å². The van der Waals surface area contributed by atoms with Crippen molar-refractivity contribution < 1.29 is 18.5 Å². The summed E-state index contributed by atoms with van der Waals surface area (Å²) in [6.45, 7) is 4.57. The molecule has 0 fully saturated rings. The lowest BCUT2D eigenvalue weighted by Gasteiger charge is -2.35. The molecule has 4 nitrogen and oxygen atoms in total. The van der Waals surface area contributed by atoms with Gasteiger partial charge in [-0.3, -0.25) is 4.57 Å². The van der Waals surface area contributed by atoms with Gasteiger partial charge in [-0.05, 0) is 32.6 Å². The molecule has 0 aromatic carbocycles. The SMILES string of the molecule is C/C=C\CCCCCCCCCCCCCCCCCCCOP(=O)(O)C(CCC)[N+](C)(C)C. The molecule has 0 aromatic heterocycles. The molecule has 0 heterocycles. The third-order valence-corrected chi connectivity index (χ3v) is 9.10. The van der Waals surface area contributed by atoms with Crippen molar-refractivity contribution in [1.29, 1.82) is 0 Å². The van der Waals surface area contributed by atoms with E-state index in [0.29, 0.717) is 11.1 Å². The average molecular weight is 503 g/mol. The second-order valence-corrected chi connectivity index (χ2v) is 13.1. The van der Waals surface area contributed by atoms with E-state index in [9.17, 15) is 9.46 Å². The Hall–Kier alpha value is -0.150. The van der Waals surface area contributed by atoms with E-state index >= 15 is 0 Å². The van der Waals surface area contributed by atoms with Gasteiger partial charge in [-0.15, -0.1) is 0 Å². The van der Waals surface area contributed by atoms with Crippen LogP contribution >= 0.6 is 7.60 Å². The van der Waals surface area contributed by atoms with Crippen LogP contribution in [0.4, 0.5) is 0 Å². The maximum absolute atomic E-state index is 12.7. The zero-order chi connectivity index (χ0) is 25.5. The molecule has 0 amide bonds. The fourth-order valence-electron chi connectivity index (χ4n) is 4.71. The van der Waals surface area contributed by atoms with Crippen LogP contribution in [0, 0.1) is 0 Å². The molecular weight excluding hydrogens is 441 g/mol. The lowest BCUT2D eigenvalue weighted by molar-refractivity contribution is -0.883. The van der Waals surface area contributed by atoms with Crippen LogP contribution in [-0.2, 0) is 9.09 Å². The summed E-state index contributed by atoms with van der Waals surface area (Å²) < 4.78 is 18.6. The summed E-state index contributed by atoms with van der Waals surface area (Å²) in [7, 11) is 2.36. The minimum Gasteiger partial charge on any atom is -0.320 e. The zero-order valence-electron chi connectivity index (χ0n) is 23.7. The van der Waals surface area contributed by atoms with Gasteiger partial charge in [-0.2, -0.15) is 0 Å². The minimum atomic E-state index is -3.57. The third kappa shape index (κ3) is 20.1. The molecule has 0 rings (SSSR count). The summed E-state index contributed by atoms with van der Waals surface area (Å²) in [5.41, 5.74) is 0. The fraction of sp³-hybridized carbons (Fsp3) is 0.931. The summed E-state index contributed by atoms with van der Waals surface area (Å²) in [5.74, 6) is -0.333. The second-order valence-electron chi connectivity index (χ2n) is 11.2. The van der Waals surface area contributed by atoms with E-state index in [1.54, 1.807) is 0 Å². The molecule has 34 heavy (non-hydrogen) atoms.